The van der Waals surface area contributed by atoms with Gasteiger partial charge < -0.3 is 19.1 Å². The first-order chi connectivity index (χ1) is 10.4. The summed E-state index contributed by atoms with van der Waals surface area (Å²) >= 11 is 0. The van der Waals surface area contributed by atoms with Crippen LogP contribution in [0.1, 0.15) is 19.4 Å². The van der Waals surface area contributed by atoms with E-state index < -0.39 is 0 Å². The first kappa shape index (κ1) is 16.8. The zero-order valence-electron chi connectivity index (χ0n) is 13.8. The Hall–Kier alpha value is -1.59. The fourth-order valence-corrected chi connectivity index (χ4v) is 2.79. The van der Waals surface area contributed by atoms with Crippen molar-refractivity contribution in [3.63, 3.8) is 0 Å². The van der Waals surface area contributed by atoms with Crippen molar-refractivity contribution in [3.8, 4) is 5.75 Å². The maximum atomic E-state index is 12.6. The molecule has 0 spiro atoms. The normalized spacial score (nSPS) is 20.7. The van der Waals surface area contributed by atoms with Gasteiger partial charge in [0.25, 0.3) is 0 Å². The summed E-state index contributed by atoms with van der Waals surface area (Å²) in [5, 5.41) is 0. The van der Waals surface area contributed by atoms with Crippen molar-refractivity contribution in [2.45, 2.75) is 32.0 Å². The quantitative estimate of drug-likeness (QED) is 0.833. The van der Waals surface area contributed by atoms with Crippen molar-refractivity contribution in [1.82, 2.24) is 4.90 Å². The van der Waals surface area contributed by atoms with E-state index in [1.807, 2.05) is 43.0 Å². The SMILES string of the molecule is COC[C@@H]1CN(C(=O)Cc2ccc(OC)cc2)CC(C)(C)O1. The number of rotatable bonds is 5. The molecular formula is C17H25NO4. The summed E-state index contributed by atoms with van der Waals surface area (Å²) in [6.07, 6.45) is 0.313. The van der Waals surface area contributed by atoms with Crippen LogP contribution in [0.4, 0.5) is 0 Å². The number of carbonyl (C=O) groups excluding carboxylic acids is 1. The molecule has 1 heterocycles. The van der Waals surface area contributed by atoms with Gasteiger partial charge in [-0.05, 0) is 31.5 Å². The van der Waals surface area contributed by atoms with Crippen LogP contribution in [0, 0.1) is 0 Å². The summed E-state index contributed by atoms with van der Waals surface area (Å²) in [7, 11) is 3.28. The number of amides is 1. The van der Waals surface area contributed by atoms with Gasteiger partial charge in [0.05, 0.1) is 31.8 Å². The van der Waals surface area contributed by atoms with Crippen LogP contribution in [0.2, 0.25) is 0 Å². The number of hydrogen-bond donors (Lipinski definition) is 0. The Morgan fingerprint density at radius 2 is 2.00 bits per heavy atom. The average molecular weight is 307 g/mol. The molecule has 5 nitrogen and oxygen atoms in total. The van der Waals surface area contributed by atoms with Gasteiger partial charge in [0, 0.05) is 20.2 Å². The first-order valence-corrected chi connectivity index (χ1v) is 7.51. The molecule has 22 heavy (non-hydrogen) atoms. The van der Waals surface area contributed by atoms with Crippen molar-refractivity contribution in [2.24, 2.45) is 0 Å². The van der Waals surface area contributed by atoms with E-state index in [0.29, 0.717) is 26.1 Å². The third kappa shape index (κ3) is 4.45. The van der Waals surface area contributed by atoms with E-state index in [1.165, 1.54) is 0 Å². The summed E-state index contributed by atoms with van der Waals surface area (Å²) < 4.78 is 16.2. The van der Waals surface area contributed by atoms with Gasteiger partial charge in [0.2, 0.25) is 5.91 Å². The van der Waals surface area contributed by atoms with Gasteiger partial charge in [-0.1, -0.05) is 12.1 Å². The lowest BCUT2D eigenvalue weighted by atomic mass is 10.0. The lowest BCUT2D eigenvalue weighted by Gasteiger charge is -2.42. The molecule has 0 bridgehead atoms. The van der Waals surface area contributed by atoms with Gasteiger partial charge in [0.1, 0.15) is 5.75 Å². The molecule has 1 aliphatic heterocycles. The van der Waals surface area contributed by atoms with Crippen molar-refractivity contribution < 1.29 is 19.0 Å². The summed E-state index contributed by atoms with van der Waals surface area (Å²) in [6, 6.07) is 7.60. The van der Waals surface area contributed by atoms with Crippen LogP contribution in [0.25, 0.3) is 0 Å². The fraction of sp³-hybridized carbons (Fsp3) is 0.588. The van der Waals surface area contributed by atoms with Crippen LogP contribution in [0.5, 0.6) is 5.75 Å². The van der Waals surface area contributed by atoms with E-state index >= 15 is 0 Å². The monoisotopic (exact) mass is 307 g/mol. The van der Waals surface area contributed by atoms with E-state index in [4.69, 9.17) is 14.2 Å². The van der Waals surface area contributed by atoms with Gasteiger partial charge >= 0.3 is 0 Å². The molecule has 2 rings (SSSR count). The number of carbonyl (C=O) groups is 1. The van der Waals surface area contributed by atoms with Crippen LogP contribution >= 0.6 is 0 Å². The third-order valence-electron chi connectivity index (χ3n) is 3.70. The van der Waals surface area contributed by atoms with E-state index in [9.17, 15) is 4.79 Å². The number of nitrogens with zero attached hydrogens (tertiary/aromatic N) is 1. The summed E-state index contributed by atoms with van der Waals surface area (Å²) in [5.41, 5.74) is 0.634. The Morgan fingerprint density at radius 3 is 2.59 bits per heavy atom. The van der Waals surface area contributed by atoms with Gasteiger partial charge in [-0.3, -0.25) is 4.79 Å². The second-order valence-electron chi connectivity index (χ2n) is 6.25. The van der Waals surface area contributed by atoms with Gasteiger partial charge in [0.15, 0.2) is 0 Å². The highest BCUT2D eigenvalue weighted by molar-refractivity contribution is 5.79. The lowest BCUT2D eigenvalue weighted by molar-refractivity contribution is -0.168. The highest BCUT2D eigenvalue weighted by Crippen LogP contribution is 2.22. The average Bonchev–Trinajstić information content (AvgIpc) is 2.46. The molecule has 0 unspecified atom stereocenters. The van der Waals surface area contributed by atoms with Gasteiger partial charge in [-0.15, -0.1) is 0 Å². The minimum Gasteiger partial charge on any atom is -0.497 e. The minimum absolute atomic E-state index is 0.0754. The Bertz CT molecular complexity index is 498. The first-order valence-electron chi connectivity index (χ1n) is 7.51. The second kappa shape index (κ2) is 7.11. The molecule has 1 saturated heterocycles. The molecule has 0 aromatic heterocycles. The molecule has 0 N–H and O–H groups in total. The predicted molar refractivity (Wildman–Crippen MR) is 84.1 cm³/mol. The molecule has 0 radical (unpaired) electrons. The van der Waals surface area contributed by atoms with Crippen molar-refractivity contribution in [3.05, 3.63) is 29.8 Å². The Labute approximate surface area is 132 Å². The molecule has 0 saturated carbocycles. The zero-order valence-corrected chi connectivity index (χ0v) is 13.8. The third-order valence-corrected chi connectivity index (χ3v) is 3.70. The minimum atomic E-state index is -0.350. The second-order valence-corrected chi connectivity index (χ2v) is 6.25. The van der Waals surface area contributed by atoms with Crippen LogP contribution in [-0.2, 0) is 20.7 Å². The van der Waals surface area contributed by atoms with E-state index in [1.54, 1.807) is 14.2 Å². The summed E-state index contributed by atoms with van der Waals surface area (Å²) in [5.74, 6) is 0.909. The molecule has 1 amide bonds. The molecule has 1 atom stereocenters. The van der Waals surface area contributed by atoms with Crippen molar-refractivity contribution >= 4 is 5.91 Å². The summed E-state index contributed by atoms with van der Waals surface area (Å²) in [6.45, 7) is 5.68. The molecule has 5 heteroatoms. The lowest BCUT2D eigenvalue weighted by Crippen LogP contribution is -2.56. The highest BCUT2D eigenvalue weighted by Gasteiger charge is 2.35. The van der Waals surface area contributed by atoms with Gasteiger partial charge in [-0.25, -0.2) is 0 Å². The van der Waals surface area contributed by atoms with E-state index in [2.05, 4.69) is 0 Å². The smallest absolute Gasteiger partial charge is 0.227 e. The molecule has 122 valence electrons. The van der Waals surface area contributed by atoms with Crippen LogP contribution in [0.15, 0.2) is 24.3 Å². The Morgan fingerprint density at radius 1 is 1.32 bits per heavy atom. The Balaban J connectivity index is 2.00. The summed E-state index contributed by atoms with van der Waals surface area (Å²) in [4.78, 5) is 14.4. The maximum Gasteiger partial charge on any atom is 0.227 e. The molecule has 1 aromatic rings. The van der Waals surface area contributed by atoms with Crippen molar-refractivity contribution in [1.29, 1.82) is 0 Å². The largest absolute Gasteiger partial charge is 0.497 e. The van der Waals surface area contributed by atoms with Crippen LogP contribution < -0.4 is 4.74 Å². The Kier molecular flexibility index (Phi) is 5.42. The van der Waals surface area contributed by atoms with E-state index in [-0.39, 0.29) is 17.6 Å². The molecule has 1 aromatic carbocycles. The number of hydrogen-bond acceptors (Lipinski definition) is 4. The number of benzene rings is 1. The number of morpholine rings is 1. The molecule has 1 aliphatic rings. The highest BCUT2D eigenvalue weighted by atomic mass is 16.5. The van der Waals surface area contributed by atoms with E-state index in [0.717, 1.165) is 11.3 Å². The van der Waals surface area contributed by atoms with Crippen LogP contribution in [0.3, 0.4) is 0 Å². The topological polar surface area (TPSA) is 48.0 Å². The predicted octanol–water partition coefficient (Wildman–Crippen LogP) is 1.89. The number of ether oxygens (including phenoxy) is 3. The van der Waals surface area contributed by atoms with Crippen molar-refractivity contribution in [2.75, 3.05) is 33.9 Å². The maximum absolute atomic E-state index is 12.6. The van der Waals surface area contributed by atoms with Crippen LogP contribution in [-0.4, -0.2) is 56.4 Å². The molecule has 1 fully saturated rings. The zero-order chi connectivity index (χ0) is 16.2. The molecule has 0 aliphatic carbocycles. The fourth-order valence-electron chi connectivity index (χ4n) is 2.79. The number of methoxy groups -OCH3 is 2. The van der Waals surface area contributed by atoms with Gasteiger partial charge in [-0.2, -0.15) is 0 Å². The molecular weight excluding hydrogens is 282 g/mol. The standard InChI is InChI=1S/C17H25NO4/c1-17(2)12-18(10-15(22-17)11-20-3)16(19)9-13-5-7-14(21-4)8-6-13/h5-8,15H,9-12H2,1-4H3/t15-/m0/s1.